The molecule has 6 heteroatoms. The molecule has 3 nitrogen and oxygen atoms in total. The molecule has 132 valence electrons. The highest BCUT2D eigenvalue weighted by Gasteiger charge is 2.30. The highest BCUT2D eigenvalue weighted by molar-refractivity contribution is 5.30. The average molecular weight is 348 g/mol. The minimum absolute atomic E-state index is 0.287. The summed E-state index contributed by atoms with van der Waals surface area (Å²) in [5.74, 6) is 0.385. The van der Waals surface area contributed by atoms with Crippen LogP contribution in [0.15, 0.2) is 54.6 Å². The smallest absolute Gasteiger partial charge is 0.416 e. The fourth-order valence-corrected chi connectivity index (χ4v) is 2.41. The molecule has 1 atom stereocenters. The number of halogens is 3. The second-order valence-corrected chi connectivity index (χ2v) is 5.70. The van der Waals surface area contributed by atoms with Crippen molar-refractivity contribution in [3.63, 3.8) is 0 Å². The standard InChI is InChI=1S/C19H19F3N2O/c1-24(14-23)13-5-8-18(15-6-3-2-4-7-15)25-17-11-9-16(10-12-17)19(20,21)22/h2-4,6-7,9-12,18H,5,8,13H2,1H3. The highest BCUT2D eigenvalue weighted by Crippen LogP contribution is 2.32. The van der Waals surface area contributed by atoms with Crippen LogP contribution in [0.1, 0.15) is 30.1 Å². The van der Waals surface area contributed by atoms with Gasteiger partial charge in [0.15, 0.2) is 6.19 Å². The minimum atomic E-state index is -4.36. The van der Waals surface area contributed by atoms with Crippen LogP contribution in [0.4, 0.5) is 13.2 Å². The van der Waals surface area contributed by atoms with Gasteiger partial charge < -0.3 is 9.64 Å². The monoisotopic (exact) mass is 348 g/mol. The third-order valence-electron chi connectivity index (χ3n) is 3.76. The zero-order valence-corrected chi connectivity index (χ0v) is 13.8. The summed E-state index contributed by atoms with van der Waals surface area (Å²) in [7, 11) is 1.70. The number of hydrogen-bond acceptors (Lipinski definition) is 3. The van der Waals surface area contributed by atoms with Crippen LogP contribution in [-0.4, -0.2) is 18.5 Å². The molecule has 0 saturated carbocycles. The predicted octanol–water partition coefficient (Wildman–Crippen LogP) is 5.02. The zero-order valence-electron chi connectivity index (χ0n) is 13.8. The lowest BCUT2D eigenvalue weighted by molar-refractivity contribution is -0.137. The molecule has 0 spiro atoms. The third kappa shape index (κ3) is 5.71. The zero-order chi connectivity index (χ0) is 18.3. The Kier molecular flexibility index (Phi) is 6.29. The molecule has 0 radical (unpaired) electrons. The van der Waals surface area contributed by atoms with Crippen molar-refractivity contribution in [3.8, 4) is 11.9 Å². The first kappa shape index (κ1) is 18.7. The normalized spacial score (nSPS) is 12.3. The fraction of sp³-hybridized carbons (Fsp3) is 0.316. The van der Waals surface area contributed by atoms with Crippen molar-refractivity contribution in [2.45, 2.75) is 25.1 Å². The van der Waals surface area contributed by atoms with Crippen LogP contribution < -0.4 is 4.74 Å². The van der Waals surface area contributed by atoms with Crippen molar-refractivity contribution in [1.82, 2.24) is 4.90 Å². The average Bonchev–Trinajstić information content (AvgIpc) is 2.61. The van der Waals surface area contributed by atoms with Gasteiger partial charge in [-0.05, 0) is 42.7 Å². The molecule has 0 aromatic heterocycles. The van der Waals surface area contributed by atoms with Crippen LogP contribution in [-0.2, 0) is 6.18 Å². The Balaban J connectivity index is 2.09. The van der Waals surface area contributed by atoms with E-state index in [1.165, 1.54) is 17.0 Å². The van der Waals surface area contributed by atoms with Crippen molar-refractivity contribution in [1.29, 1.82) is 5.26 Å². The molecule has 0 bridgehead atoms. The molecule has 0 heterocycles. The van der Waals surface area contributed by atoms with Gasteiger partial charge in [0, 0.05) is 13.6 Å². The van der Waals surface area contributed by atoms with E-state index in [0.717, 1.165) is 24.1 Å². The van der Waals surface area contributed by atoms with E-state index in [9.17, 15) is 13.2 Å². The van der Waals surface area contributed by atoms with Crippen LogP contribution in [0.3, 0.4) is 0 Å². The van der Waals surface area contributed by atoms with Gasteiger partial charge in [0.2, 0.25) is 0 Å². The summed E-state index contributed by atoms with van der Waals surface area (Å²) >= 11 is 0. The third-order valence-corrected chi connectivity index (χ3v) is 3.76. The van der Waals surface area contributed by atoms with E-state index in [4.69, 9.17) is 10.00 Å². The topological polar surface area (TPSA) is 36.3 Å². The van der Waals surface area contributed by atoms with E-state index in [-0.39, 0.29) is 6.10 Å². The van der Waals surface area contributed by atoms with Crippen molar-refractivity contribution >= 4 is 0 Å². The molecule has 0 amide bonds. The maximum atomic E-state index is 12.7. The van der Waals surface area contributed by atoms with Crippen LogP contribution in [0.5, 0.6) is 5.75 Å². The van der Waals surface area contributed by atoms with Crippen molar-refractivity contribution < 1.29 is 17.9 Å². The number of rotatable bonds is 7. The summed E-state index contributed by atoms with van der Waals surface area (Å²) < 4.78 is 43.9. The lowest BCUT2D eigenvalue weighted by Gasteiger charge is -2.21. The Hall–Kier alpha value is -2.68. The second kappa shape index (κ2) is 8.43. The molecule has 0 aliphatic carbocycles. The number of nitrogens with zero attached hydrogens (tertiary/aromatic N) is 2. The van der Waals surface area contributed by atoms with Gasteiger partial charge in [-0.15, -0.1) is 0 Å². The van der Waals surface area contributed by atoms with Gasteiger partial charge in [-0.1, -0.05) is 30.3 Å². The van der Waals surface area contributed by atoms with E-state index < -0.39 is 11.7 Å². The molecule has 0 N–H and O–H groups in total. The van der Waals surface area contributed by atoms with Crippen LogP contribution in [0.25, 0.3) is 0 Å². The lowest BCUT2D eigenvalue weighted by atomic mass is 10.0. The predicted molar refractivity (Wildman–Crippen MR) is 88.7 cm³/mol. The molecule has 1 unspecified atom stereocenters. The molecule has 2 aromatic rings. The van der Waals surface area contributed by atoms with E-state index >= 15 is 0 Å². The van der Waals surface area contributed by atoms with Crippen LogP contribution >= 0.6 is 0 Å². The van der Waals surface area contributed by atoms with Gasteiger partial charge in [-0.3, -0.25) is 0 Å². The first-order chi connectivity index (χ1) is 11.9. The molecule has 25 heavy (non-hydrogen) atoms. The van der Waals surface area contributed by atoms with Crippen molar-refractivity contribution in [2.24, 2.45) is 0 Å². The van der Waals surface area contributed by atoms with E-state index in [0.29, 0.717) is 18.7 Å². The first-order valence-corrected chi connectivity index (χ1v) is 7.90. The molecule has 2 aromatic carbocycles. The molecule has 0 fully saturated rings. The maximum Gasteiger partial charge on any atom is 0.416 e. The molecular weight excluding hydrogens is 329 g/mol. The highest BCUT2D eigenvalue weighted by atomic mass is 19.4. The summed E-state index contributed by atoms with van der Waals surface area (Å²) in [6.45, 7) is 0.593. The Labute approximate surface area is 145 Å². The van der Waals surface area contributed by atoms with Gasteiger partial charge in [0.25, 0.3) is 0 Å². The summed E-state index contributed by atoms with van der Waals surface area (Å²) in [5.41, 5.74) is 0.244. The quantitative estimate of drug-likeness (QED) is 0.521. The number of nitriles is 1. The summed E-state index contributed by atoms with van der Waals surface area (Å²) in [6, 6.07) is 14.2. The van der Waals surface area contributed by atoms with Crippen molar-refractivity contribution in [3.05, 3.63) is 65.7 Å². The van der Waals surface area contributed by atoms with Crippen molar-refractivity contribution in [2.75, 3.05) is 13.6 Å². The fourth-order valence-electron chi connectivity index (χ4n) is 2.41. The maximum absolute atomic E-state index is 12.7. The van der Waals surface area contributed by atoms with Gasteiger partial charge in [-0.2, -0.15) is 18.4 Å². The number of alkyl halides is 3. The van der Waals surface area contributed by atoms with Gasteiger partial charge in [0.1, 0.15) is 11.9 Å². The minimum Gasteiger partial charge on any atom is -0.486 e. The Morgan fingerprint density at radius 1 is 1.08 bits per heavy atom. The summed E-state index contributed by atoms with van der Waals surface area (Å²) in [5, 5.41) is 8.80. The van der Waals surface area contributed by atoms with E-state index in [1.54, 1.807) is 7.05 Å². The molecule has 0 aliphatic rings. The Morgan fingerprint density at radius 2 is 1.72 bits per heavy atom. The molecule has 0 aliphatic heterocycles. The van der Waals surface area contributed by atoms with Crippen LogP contribution in [0.2, 0.25) is 0 Å². The first-order valence-electron chi connectivity index (χ1n) is 7.90. The van der Waals surface area contributed by atoms with E-state index in [2.05, 4.69) is 0 Å². The number of ether oxygens (including phenoxy) is 1. The summed E-state index contributed by atoms with van der Waals surface area (Å²) in [6.07, 6.45) is -1.24. The van der Waals surface area contributed by atoms with Gasteiger partial charge in [0.05, 0.1) is 5.56 Å². The lowest BCUT2D eigenvalue weighted by Crippen LogP contribution is -2.15. The van der Waals surface area contributed by atoms with Gasteiger partial charge >= 0.3 is 6.18 Å². The second-order valence-electron chi connectivity index (χ2n) is 5.70. The Bertz CT molecular complexity index is 693. The molecular formula is C19H19F3N2O. The van der Waals surface area contributed by atoms with Crippen LogP contribution in [0, 0.1) is 11.5 Å². The van der Waals surface area contributed by atoms with Gasteiger partial charge in [-0.25, -0.2) is 0 Å². The number of hydrogen-bond donors (Lipinski definition) is 0. The SMILES string of the molecule is CN(C#N)CCCC(Oc1ccc(C(F)(F)F)cc1)c1ccccc1. The number of benzene rings is 2. The largest absolute Gasteiger partial charge is 0.486 e. The summed E-state index contributed by atoms with van der Waals surface area (Å²) in [4.78, 5) is 1.53. The van der Waals surface area contributed by atoms with E-state index in [1.807, 2.05) is 36.5 Å². The Morgan fingerprint density at radius 3 is 2.28 bits per heavy atom. The molecule has 2 rings (SSSR count). The molecule has 0 saturated heterocycles.